The Morgan fingerprint density at radius 1 is 1.33 bits per heavy atom. The number of halogens is 3. The maximum absolute atomic E-state index is 11.8. The van der Waals surface area contributed by atoms with Gasteiger partial charge in [0.15, 0.2) is 0 Å². The molecule has 0 rings (SSSR count). The molecule has 0 bridgehead atoms. The SMILES string of the molecule is CC(C)(C)OC(=O)NCCC[B-](F)(F)F. The van der Waals surface area contributed by atoms with Gasteiger partial charge in [0, 0.05) is 6.54 Å². The average Bonchev–Trinajstić information content (AvgIpc) is 1.92. The summed E-state index contributed by atoms with van der Waals surface area (Å²) in [6.45, 7) is 0.285. The summed E-state index contributed by atoms with van der Waals surface area (Å²) >= 11 is 0. The second-order valence-electron chi connectivity index (χ2n) is 4.28. The van der Waals surface area contributed by atoms with Crippen molar-refractivity contribution in [1.29, 1.82) is 0 Å². The van der Waals surface area contributed by atoms with Crippen LogP contribution in [0.5, 0.6) is 0 Å². The van der Waals surface area contributed by atoms with E-state index in [0.717, 1.165) is 0 Å². The Bertz CT molecular complexity index is 213. The van der Waals surface area contributed by atoms with E-state index in [-0.39, 0.29) is 13.0 Å². The molecule has 0 aliphatic rings. The van der Waals surface area contributed by atoms with Crippen LogP contribution in [0.15, 0.2) is 0 Å². The van der Waals surface area contributed by atoms with Crippen LogP contribution < -0.4 is 5.32 Å². The molecule has 0 atom stereocenters. The monoisotopic (exact) mass is 226 g/mol. The van der Waals surface area contributed by atoms with Crippen molar-refractivity contribution in [3.8, 4) is 0 Å². The number of hydrogen-bond acceptors (Lipinski definition) is 2. The van der Waals surface area contributed by atoms with Crippen LogP contribution in [0.2, 0.25) is 6.32 Å². The van der Waals surface area contributed by atoms with Crippen LogP contribution in [0, 0.1) is 0 Å². The van der Waals surface area contributed by atoms with Crippen LogP contribution >= 0.6 is 0 Å². The first-order chi connectivity index (χ1) is 6.60. The van der Waals surface area contributed by atoms with Crippen LogP contribution in [0.1, 0.15) is 27.2 Å². The zero-order valence-corrected chi connectivity index (χ0v) is 9.15. The van der Waals surface area contributed by atoms with Crippen molar-refractivity contribution in [2.45, 2.75) is 39.1 Å². The summed E-state index contributed by atoms with van der Waals surface area (Å²) in [5.74, 6) is 0. The summed E-state index contributed by atoms with van der Waals surface area (Å²) in [5, 5.41) is 2.26. The van der Waals surface area contributed by atoms with Crippen LogP contribution in [-0.2, 0) is 4.74 Å². The molecule has 3 nitrogen and oxygen atoms in total. The minimum Gasteiger partial charge on any atom is -0.449 e. The Morgan fingerprint density at radius 3 is 2.27 bits per heavy atom. The van der Waals surface area contributed by atoms with Crippen LogP contribution in [0.25, 0.3) is 0 Å². The van der Waals surface area contributed by atoms with E-state index in [9.17, 15) is 17.7 Å². The molecule has 7 heteroatoms. The highest BCUT2D eigenvalue weighted by atomic mass is 19.4. The average molecular weight is 226 g/mol. The van der Waals surface area contributed by atoms with Crippen molar-refractivity contribution in [1.82, 2.24) is 5.32 Å². The number of nitrogens with one attached hydrogen (secondary N) is 1. The van der Waals surface area contributed by atoms with Crippen molar-refractivity contribution >= 4 is 13.1 Å². The molecule has 0 aliphatic carbocycles. The molecule has 1 amide bonds. The van der Waals surface area contributed by atoms with Crippen molar-refractivity contribution in [2.75, 3.05) is 6.54 Å². The van der Waals surface area contributed by atoms with Crippen molar-refractivity contribution in [3.63, 3.8) is 0 Å². The van der Waals surface area contributed by atoms with Crippen molar-refractivity contribution in [3.05, 3.63) is 0 Å². The third-order valence-corrected chi connectivity index (χ3v) is 1.38. The lowest BCUT2D eigenvalue weighted by Gasteiger charge is -2.20. The van der Waals surface area contributed by atoms with Crippen molar-refractivity contribution < 1.29 is 22.5 Å². The predicted octanol–water partition coefficient (Wildman–Crippen LogP) is 2.75. The molecule has 0 saturated carbocycles. The van der Waals surface area contributed by atoms with Gasteiger partial charge in [-0.15, -0.1) is 0 Å². The fourth-order valence-corrected chi connectivity index (χ4v) is 0.838. The molecule has 0 heterocycles. The Hall–Kier alpha value is -0.875. The maximum atomic E-state index is 11.8. The number of amides is 1. The number of hydrogen-bond donors (Lipinski definition) is 1. The highest BCUT2D eigenvalue weighted by molar-refractivity contribution is 6.58. The summed E-state index contributed by atoms with van der Waals surface area (Å²) < 4.78 is 40.2. The Labute approximate surface area is 87.4 Å². The highest BCUT2D eigenvalue weighted by Gasteiger charge is 2.22. The molecule has 0 aliphatic heterocycles. The van der Waals surface area contributed by atoms with Gasteiger partial charge in [-0.05, 0) is 20.8 Å². The Balaban J connectivity index is 3.57. The van der Waals surface area contributed by atoms with Gasteiger partial charge in [0.25, 0.3) is 0 Å². The van der Waals surface area contributed by atoms with E-state index >= 15 is 0 Å². The van der Waals surface area contributed by atoms with Crippen LogP contribution in [-0.4, -0.2) is 25.2 Å². The molecule has 1 N–H and O–H groups in total. The van der Waals surface area contributed by atoms with Gasteiger partial charge < -0.3 is 23.0 Å². The first-order valence-electron chi connectivity index (χ1n) is 4.78. The quantitative estimate of drug-likeness (QED) is 0.591. The molecular formula is C8H16BF3NO2-. The fourth-order valence-electron chi connectivity index (χ4n) is 0.838. The van der Waals surface area contributed by atoms with E-state index in [2.05, 4.69) is 5.32 Å². The second kappa shape index (κ2) is 5.28. The lowest BCUT2D eigenvalue weighted by atomic mass is 9.84. The van der Waals surface area contributed by atoms with Gasteiger partial charge in [-0.3, -0.25) is 0 Å². The molecular weight excluding hydrogens is 210 g/mol. The molecule has 0 radical (unpaired) electrons. The normalized spacial score (nSPS) is 12.4. The van der Waals surface area contributed by atoms with Gasteiger partial charge in [-0.2, -0.15) is 0 Å². The van der Waals surface area contributed by atoms with Crippen LogP contribution in [0.4, 0.5) is 17.7 Å². The first-order valence-corrected chi connectivity index (χ1v) is 4.78. The van der Waals surface area contributed by atoms with Gasteiger partial charge in [0.2, 0.25) is 0 Å². The molecule has 0 aromatic carbocycles. The van der Waals surface area contributed by atoms with Gasteiger partial charge in [0.05, 0.1) is 0 Å². The molecule has 0 spiro atoms. The highest BCUT2D eigenvalue weighted by Crippen LogP contribution is 2.16. The van der Waals surface area contributed by atoms with Gasteiger partial charge in [0.1, 0.15) is 5.60 Å². The molecule has 0 aromatic rings. The minimum absolute atomic E-state index is 0.0177. The predicted molar refractivity (Wildman–Crippen MR) is 52.7 cm³/mol. The summed E-state index contributed by atoms with van der Waals surface area (Å²) in [6.07, 6.45) is -1.63. The molecule has 0 saturated heterocycles. The summed E-state index contributed by atoms with van der Waals surface area (Å²) in [4.78, 5) is 11.0. The minimum atomic E-state index is -4.75. The molecule has 15 heavy (non-hydrogen) atoms. The van der Waals surface area contributed by atoms with Gasteiger partial charge in [-0.25, -0.2) is 4.79 Å². The largest absolute Gasteiger partial charge is 0.478 e. The van der Waals surface area contributed by atoms with Crippen LogP contribution in [0.3, 0.4) is 0 Å². The number of carbonyl (C=O) groups excluding carboxylic acids is 1. The fraction of sp³-hybridized carbons (Fsp3) is 0.875. The standard InChI is InChI=1S/C8H16BF3NO2/c1-8(2,3)15-7(14)13-6-4-5-9(10,11)12/h4-6H2,1-3H3,(H,13,14)/q-1. The summed E-state index contributed by atoms with van der Waals surface area (Å²) in [5.41, 5.74) is -0.627. The van der Waals surface area contributed by atoms with E-state index in [4.69, 9.17) is 4.74 Å². The summed E-state index contributed by atoms with van der Waals surface area (Å²) in [7, 11) is 0. The van der Waals surface area contributed by atoms with E-state index in [0.29, 0.717) is 0 Å². The van der Waals surface area contributed by atoms with E-state index in [1.807, 2.05) is 0 Å². The van der Waals surface area contributed by atoms with E-state index < -0.39 is 25.0 Å². The molecule has 90 valence electrons. The molecule has 0 unspecified atom stereocenters. The number of ether oxygens (including phenoxy) is 1. The van der Waals surface area contributed by atoms with E-state index in [1.54, 1.807) is 20.8 Å². The number of rotatable bonds is 4. The zero-order chi connectivity index (χ0) is 12.1. The lowest BCUT2D eigenvalue weighted by molar-refractivity contribution is 0.0527. The first kappa shape index (κ1) is 14.1. The molecule has 0 fully saturated rings. The number of carbonyl (C=O) groups is 1. The lowest BCUT2D eigenvalue weighted by Crippen LogP contribution is -2.33. The van der Waals surface area contributed by atoms with Crippen molar-refractivity contribution in [2.24, 2.45) is 0 Å². The Kier molecular flexibility index (Phi) is 4.97. The second-order valence-corrected chi connectivity index (χ2v) is 4.28. The van der Waals surface area contributed by atoms with Gasteiger partial charge >= 0.3 is 13.1 Å². The zero-order valence-electron chi connectivity index (χ0n) is 9.15. The third-order valence-electron chi connectivity index (χ3n) is 1.38. The van der Waals surface area contributed by atoms with Gasteiger partial charge in [-0.1, -0.05) is 12.7 Å². The van der Waals surface area contributed by atoms with E-state index in [1.165, 1.54) is 0 Å². The summed E-state index contributed by atoms with van der Waals surface area (Å²) in [6, 6.07) is 0. The Morgan fingerprint density at radius 2 is 1.87 bits per heavy atom. The third kappa shape index (κ3) is 11.0. The topological polar surface area (TPSA) is 38.3 Å². The number of alkyl carbamates (subject to hydrolysis) is 1. The maximum Gasteiger partial charge on any atom is 0.478 e. The smallest absolute Gasteiger partial charge is 0.449 e. The molecule has 0 aromatic heterocycles.